The van der Waals surface area contributed by atoms with Crippen molar-refractivity contribution in [1.29, 1.82) is 0 Å². The van der Waals surface area contributed by atoms with Crippen molar-refractivity contribution < 1.29 is 9.59 Å². The van der Waals surface area contributed by atoms with Crippen LogP contribution in [0.15, 0.2) is 54.6 Å². The Morgan fingerprint density at radius 2 is 1.72 bits per heavy atom. The van der Waals surface area contributed by atoms with Crippen LogP contribution in [-0.2, 0) is 11.2 Å². The van der Waals surface area contributed by atoms with Crippen molar-refractivity contribution in [2.45, 2.75) is 6.42 Å². The first-order chi connectivity index (χ1) is 14.0. The number of hydrogen-bond acceptors (Lipinski definition) is 4. The molecule has 0 atom stereocenters. The SMILES string of the molecule is O=C(Cc1ccccc1)Nc1[nH]nc2sc(C(=O)Nc3c(Cl)cccc3Cl)cc12. The molecule has 0 radical (unpaired) electrons. The Hall–Kier alpha value is -2.87. The van der Waals surface area contributed by atoms with Gasteiger partial charge in [0.25, 0.3) is 5.91 Å². The molecule has 9 heteroatoms. The zero-order valence-corrected chi connectivity index (χ0v) is 17.2. The summed E-state index contributed by atoms with van der Waals surface area (Å²) in [7, 11) is 0. The predicted octanol–water partition coefficient (Wildman–Crippen LogP) is 5.36. The summed E-state index contributed by atoms with van der Waals surface area (Å²) in [6.45, 7) is 0. The quantitative estimate of drug-likeness (QED) is 0.386. The van der Waals surface area contributed by atoms with E-state index in [4.69, 9.17) is 23.2 Å². The van der Waals surface area contributed by atoms with Gasteiger partial charge < -0.3 is 10.6 Å². The maximum atomic E-state index is 12.6. The van der Waals surface area contributed by atoms with Crippen LogP contribution in [0.2, 0.25) is 10.0 Å². The molecule has 29 heavy (non-hydrogen) atoms. The number of amides is 2. The van der Waals surface area contributed by atoms with Crippen molar-refractivity contribution in [2.75, 3.05) is 10.6 Å². The smallest absolute Gasteiger partial charge is 0.265 e. The first-order valence-corrected chi connectivity index (χ1v) is 10.2. The van der Waals surface area contributed by atoms with Crippen LogP contribution in [-0.4, -0.2) is 22.0 Å². The van der Waals surface area contributed by atoms with Gasteiger partial charge in [0.15, 0.2) is 0 Å². The van der Waals surface area contributed by atoms with E-state index in [-0.39, 0.29) is 18.2 Å². The molecule has 2 aromatic heterocycles. The van der Waals surface area contributed by atoms with Gasteiger partial charge in [0, 0.05) is 0 Å². The zero-order valence-electron chi connectivity index (χ0n) is 14.8. The lowest BCUT2D eigenvalue weighted by Gasteiger charge is -2.07. The average Bonchev–Trinajstić information content (AvgIpc) is 3.28. The number of H-pyrrole nitrogens is 1. The summed E-state index contributed by atoms with van der Waals surface area (Å²) in [6, 6.07) is 16.1. The highest BCUT2D eigenvalue weighted by molar-refractivity contribution is 7.20. The predicted molar refractivity (Wildman–Crippen MR) is 117 cm³/mol. The lowest BCUT2D eigenvalue weighted by molar-refractivity contribution is -0.115. The number of aromatic amines is 1. The number of carbonyl (C=O) groups is 2. The maximum absolute atomic E-state index is 12.6. The Balaban J connectivity index is 1.51. The molecule has 0 aliphatic heterocycles. The number of nitrogens with zero attached hydrogens (tertiary/aromatic N) is 1. The molecule has 0 fully saturated rings. The van der Waals surface area contributed by atoms with E-state index in [1.165, 1.54) is 11.3 Å². The highest BCUT2D eigenvalue weighted by Crippen LogP contribution is 2.33. The Kier molecular flexibility index (Phi) is 5.53. The molecule has 2 aromatic carbocycles. The van der Waals surface area contributed by atoms with Crippen LogP contribution in [0.1, 0.15) is 15.2 Å². The third-order valence-corrected chi connectivity index (χ3v) is 5.81. The summed E-state index contributed by atoms with van der Waals surface area (Å²) in [6.07, 6.45) is 0.240. The molecule has 0 spiro atoms. The van der Waals surface area contributed by atoms with E-state index >= 15 is 0 Å². The molecule has 146 valence electrons. The average molecular weight is 445 g/mol. The molecule has 4 aromatic rings. The van der Waals surface area contributed by atoms with Crippen LogP contribution in [0.25, 0.3) is 10.2 Å². The van der Waals surface area contributed by atoms with Crippen LogP contribution >= 0.6 is 34.5 Å². The number of nitrogens with one attached hydrogen (secondary N) is 3. The van der Waals surface area contributed by atoms with Gasteiger partial charge in [0.05, 0.1) is 32.4 Å². The largest absolute Gasteiger partial charge is 0.319 e. The first kappa shape index (κ1) is 19.4. The molecule has 0 saturated heterocycles. The Labute approximate surface area is 179 Å². The van der Waals surface area contributed by atoms with E-state index < -0.39 is 0 Å². The molecule has 0 bridgehead atoms. The van der Waals surface area contributed by atoms with Crippen LogP contribution < -0.4 is 10.6 Å². The minimum Gasteiger partial charge on any atom is -0.319 e. The number of hydrogen-bond donors (Lipinski definition) is 3. The summed E-state index contributed by atoms with van der Waals surface area (Å²) < 4.78 is 0. The number of fused-ring (bicyclic) bond motifs is 1. The van der Waals surface area contributed by atoms with Crippen molar-refractivity contribution in [3.05, 3.63) is 75.1 Å². The fourth-order valence-electron chi connectivity index (χ4n) is 2.77. The van der Waals surface area contributed by atoms with E-state index in [1.54, 1.807) is 24.3 Å². The minimum absolute atomic E-state index is 0.179. The number of halogens is 2. The molecule has 3 N–H and O–H groups in total. The minimum atomic E-state index is -0.357. The van der Waals surface area contributed by atoms with Gasteiger partial charge in [-0.15, -0.1) is 11.3 Å². The van der Waals surface area contributed by atoms with Gasteiger partial charge in [-0.25, -0.2) is 0 Å². The monoisotopic (exact) mass is 444 g/mol. The van der Waals surface area contributed by atoms with E-state index in [2.05, 4.69) is 20.8 Å². The number of para-hydroxylation sites is 1. The van der Waals surface area contributed by atoms with Crippen molar-refractivity contribution >= 4 is 68.1 Å². The van der Waals surface area contributed by atoms with Crippen LogP contribution in [0, 0.1) is 0 Å². The van der Waals surface area contributed by atoms with E-state index in [0.29, 0.717) is 36.6 Å². The summed E-state index contributed by atoms with van der Waals surface area (Å²) in [5.41, 5.74) is 1.26. The number of benzene rings is 2. The first-order valence-electron chi connectivity index (χ1n) is 8.58. The number of anilines is 2. The standard InChI is InChI=1S/C20H14Cl2N4O2S/c21-13-7-4-8-14(22)17(13)24-19(28)15-10-12-18(25-26-20(12)29-15)23-16(27)9-11-5-2-1-3-6-11/h1-8,10H,9H2,(H,24,28)(H2,23,25,26,27). The zero-order chi connectivity index (χ0) is 20.4. The lowest BCUT2D eigenvalue weighted by Crippen LogP contribution is -2.14. The molecule has 6 nitrogen and oxygen atoms in total. The Morgan fingerprint density at radius 1 is 1.00 bits per heavy atom. The molecule has 2 amide bonds. The third-order valence-electron chi connectivity index (χ3n) is 4.15. The Bertz CT molecular complexity index is 1180. The van der Waals surface area contributed by atoms with E-state index in [0.717, 1.165) is 5.56 Å². The van der Waals surface area contributed by atoms with Crippen LogP contribution in [0.5, 0.6) is 0 Å². The van der Waals surface area contributed by atoms with Gasteiger partial charge in [0.1, 0.15) is 10.6 Å². The molecule has 4 rings (SSSR count). The molecule has 0 unspecified atom stereocenters. The fourth-order valence-corrected chi connectivity index (χ4v) is 4.16. The number of thiophene rings is 1. The van der Waals surface area contributed by atoms with Crippen LogP contribution in [0.4, 0.5) is 11.5 Å². The summed E-state index contributed by atoms with van der Waals surface area (Å²) in [5.74, 6) is -0.0848. The van der Waals surface area contributed by atoms with E-state index in [9.17, 15) is 9.59 Å². The Morgan fingerprint density at radius 3 is 2.45 bits per heavy atom. The van der Waals surface area contributed by atoms with Gasteiger partial charge in [-0.05, 0) is 23.8 Å². The molecular formula is C20H14Cl2N4O2S. The molecule has 2 heterocycles. The second-order valence-electron chi connectivity index (χ2n) is 6.19. The number of carbonyl (C=O) groups excluding carboxylic acids is 2. The van der Waals surface area contributed by atoms with Crippen molar-refractivity contribution in [2.24, 2.45) is 0 Å². The number of rotatable bonds is 5. The van der Waals surface area contributed by atoms with E-state index in [1.807, 2.05) is 30.3 Å². The summed E-state index contributed by atoms with van der Waals surface area (Å²) in [4.78, 5) is 26.0. The van der Waals surface area contributed by atoms with Crippen molar-refractivity contribution in [1.82, 2.24) is 10.2 Å². The molecular weight excluding hydrogens is 431 g/mol. The van der Waals surface area contributed by atoms with Gasteiger partial charge >= 0.3 is 0 Å². The van der Waals surface area contributed by atoms with Gasteiger partial charge in [-0.2, -0.15) is 5.10 Å². The maximum Gasteiger partial charge on any atom is 0.265 e. The van der Waals surface area contributed by atoms with Gasteiger partial charge in [-0.1, -0.05) is 59.6 Å². The summed E-state index contributed by atoms with van der Waals surface area (Å²) >= 11 is 13.4. The summed E-state index contributed by atoms with van der Waals surface area (Å²) in [5, 5.41) is 13.9. The van der Waals surface area contributed by atoms with Crippen molar-refractivity contribution in [3.8, 4) is 0 Å². The lowest BCUT2D eigenvalue weighted by atomic mass is 10.1. The second-order valence-corrected chi connectivity index (χ2v) is 8.03. The number of aromatic nitrogens is 2. The van der Waals surface area contributed by atoms with Crippen LogP contribution in [0.3, 0.4) is 0 Å². The normalized spacial score (nSPS) is 10.8. The topological polar surface area (TPSA) is 86.9 Å². The van der Waals surface area contributed by atoms with Gasteiger partial charge in [0.2, 0.25) is 5.91 Å². The highest BCUT2D eigenvalue weighted by Gasteiger charge is 2.18. The van der Waals surface area contributed by atoms with Gasteiger partial charge in [-0.3, -0.25) is 14.7 Å². The fraction of sp³-hybridized carbons (Fsp3) is 0.0500. The van der Waals surface area contributed by atoms with Crippen molar-refractivity contribution in [3.63, 3.8) is 0 Å². The third kappa shape index (κ3) is 4.27. The molecule has 0 saturated carbocycles. The highest BCUT2D eigenvalue weighted by atomic mass is 35.5. The second kappa shape index (κ2) is 8.24. The molecule has 0 aliphatic carbocycles. The molecule has 0 aliphatic rings.